The van der Waals surface area contributed by atoms with Gasteiger partial charge in [-0.25, -0.2) is 9.37 Å². The second-order valence-electron chi connectivity index (χ2n) is 5.23. The van der Waals surface area contributed by atoms with Crippen LogP contribution in [0.15, 0.2) is 48.5 Å². The zero-order valence-electron chi connectivity index (χ0n) is 13.3. The summed E-state index contributed by atoms with van der Waals surface area (Å²) in [6.07, 6.45) is 0. The first-order chi connectivity index (χ1) is 12.0. The number of hydrogen-bond donors (Lipinski definition) is 1. The second-order valence-corrected chi connectivity index (χ2v) is 6.75. The maximum Gasteiger partial charge on any atom is 0.267 e. The van der Waals surface area contributed by atoms with E-state index in [1.165, 1.54) is 23.5 Å². The number of carbonyl (C=O) groups is 1. The molecule has 1 aromatic heterocycles. The van der Waals surface area contributed by atoms with Crippen LogP contribution in [-0.4, -0.2) is 10.9 Å². The van der Waals surface area contributed by atoms with Crippen LogP contribution in [0.3, 0.4) is 0 Å². The molecule has 3 aromatic rings. The first-order valence-electron chi connectivity index (χ1n) is 7.43. The van der Waals surface area contributed by atoms with Crippen LogP contribution < -0.4 is 10.1 Å². The van der Waals surface area contributed by atoms with Gasteiger partial charge in [-0.15, -0.1) is 11.3 Å². The van der Waals surface area contributed by atoms with Crippen molar-refractivity contribution in [3.8, 4) is 5.75 Å². The molecule has 0 atom stereocenters. The molecule has 0 bridgehead atoms. The summed E-state index contributed by atoms with van der Waals surface area (Å²) < 4.78 is 18.4. The van der Waals surface area contributed by atoms with E-state index in [0.29, 0.717) is 32.0 Å². The van der Waals surface area contributed by atoms with E-state index in [9.17, 15) is 9.18 Å². The molecule has 0 saturated heterocycles. The molecule has 0 spiro atoms. The van der Waals surface area contributed by atoms with Crippen LogP contribution in [-0.2, 0) is 6.61 Å². The van der Waals surface area contributed by atoms with Crippen molar-refractivity contribution in [3.63, 3.8) is 0 Å². The van der Waals surface area contributed by atoms with Crippen molar-refractivity contribution in [2.24, 2.45) is 0 Å². The van der Waals surface area contributed by atoms with Crippen molar-refractivity contribution >= 4 is 34.5 Å². The van der Waals surface area contributed by atoms with Gasteiger partial charge < -0.3 is 10.1 Å². The molecule has 7 heteroatoms. The normalized spacial score (nSPS) is 10.5. The smallest absolute Gasteiger partial charge is 0.267 e. The van der Waals surface area contributed by atoms with E-state index in [1.807, 2.05) is 0 Å². The molecule has 25 heavy (non-hydrogen) atoms. The third kappa shape index (κ3) is 4.55. The number of thiazole rings is 1. The highest BCUT2D eigenvalue weighted by Gasteiger charge is 2.16. The monoisotopic (exact) mass is 376 g/mol. The minimum absolute atomic E-state index is 0.210. The second kappa shape index (κ2) is 7.63. The standard InChI is InChI=1S/C18H14ClFN2O2S/c1-11-17(18(23)22-14-4-2-3-12(19)9-14)25-16(21-11)10-24-15-7-5-13(20)6-8-15/h2-9H,10H2,1H3,(H,22,23). The highest BCUT2D eigenvalue weighted by molar-refractivity contribution is 7.13. The molecule has 0 aliphatic carbocycles. The van der Waals surface area contributed by atoms with E-state index in [0.717, 1.165) is 0 Å². The van der Waals surface area contributed by atoms with Gasteiger partial charge >= 0.3 is 0 Å². The summed E-state index contributed by atoms with van der Waals surface area (Å²) in [6, 6.07) is 12.7. The number of hydrogen-bond acceptors (Lipinski definition) is 4. The highest BCUT2D eigenvalue weighted by Crippen LogP contribution is 2.22. The lowest BCUT2D eigenvalue weighted by atomic mass is 10.3. The van der Waals surface area contributed by atoms with Crippen LogP contribution in [0, 0.1) is 12.7 Å². The number of aryl methyl sites for hydroxylation is 1. The molecule has 0 unspecified atom stereocenters. The lowest BCUT2D eigenvalue weighted by molar-refractivity contribution is 0.103. The summed E-state index contributed by atoms with van der Waals surface area (Å²) in [5.41, 5.74) is 1.25. The summed E-state index contributed by atoms with van der Waals surface area (Å²) in [7, 11) is 0. The maximum atomic E-state index is 12.9. The lowest BCUT2D eigenvalue weighted by Crippen LogP contribution is -2.11. The Labute approximate surface area is 153 Å². The first-order valence-corrected chi connectivity index (χ1v) is 8.62. The van der Waals surface area contributed by atoms with E-state index in [2.05, 4.69) is 10.3 Å². The van der Waals surface area contributed by atoms with Crippen molar-refractivity contribution in [1.82, 2.24) is 4.98 Å². The van der Waals surface area contributed by atoms with E-state index in [4.69, 9.17) is 16.3 Å². The number of rotatable bonds is 5. The molecule has 1 N–H and O–H groups in total. The minimum atomic E-state index is -0.322. The predicted molar refractivity (Wildman–Crippen MR) is 97.0 cm³/mol. The molecule has 0 aliphatic heterocycles. The number of aromatic nitrogens is 1. The number of nitrogens with zero attached hydrogens (tertiary/aromatic N) is 1. The van der Waals surface area contributed by atoms with E-state index < -0.39 is 0 Å². The molecule has 0 saturated carbocycles. The molecule has 128 valence electrons. The zero-order chi connectivity index (χ0) is 17.8. The average Bonchev–Trinajstić information content (AvgIpc) is 2.95. The lowest BCUT2D eigenvalue weighted by Gasteiger charge is -2.04. The maximum absolute atomic E-state index is 12.9. The predicted octanol–water partition coefficient (Wildman–Crippen LogP) is 5.08. The van der Waals surface area contributed by atoms with Crippen LogP contribution in [0.5, 0.6) is 5.75 Å². The van der Waals surface area contributed by atoms with E-state index in [1.54, 1.807) is 43.3 Å². The molecule has 3 rings (SSSR count). The molecule has 0 radical (unpaired) electrons. The summed E-state index contributed by atoms with van der Waals surface area (Å²) in [5.74, 6) is -0.0260. The van der Waals surface area contributed by atoms with Gasteiger partial charge in [0.15, 0.2) is 0 Å². The first kappa shape index (κ1) is 17.4. The van der Waals surface area contributed by atoms with Crippen LogP contribution in [0.25, 0.3) is 0 Å². The minimum Gasteiger partial charge on any atom is -0.486 e. The number of amides is 1. The Balaban J connectivity index is 1.67. The number of benzene rings is 2. The quantitative estimate of drug-likeness (QED) is 0.675. The van der Waals surface area contributed by atoms with Crippen molar-refractivity contribution in [1.29, 1.82) is 0 Å². The number of ether oxygens (including phenoxy) is 1. The SMILES string of the molecule is Cc1nc(COc2ccc(F)cc2)sc1C(=O)Nc1cccc(Cl)c1. The van der Waals surface area contributed by atoms with Gasteiger partial charge in [0, 0.05) is 10.7 Å². The summed E-state index contributed by atoms with van der Waals surface area (Å²) >= 11 is 7.18. The number of carbonyl (C=O) groups excluding carboxylic acids is 1. The van der Waals surface area contributed by atoms with Gasteiger partial charge in [0.25, 0.3) is 5.91 Å². The van der Waals surface area contributed by atoms with Crippen molar-refractivity contribution in [3.05, 3.63) is 74.9 Å². The zero-order valence-corrected chi connectivity index (χ0v) is 14.8. The molecule has 2 aromatic carbocycles. The summed E-state index contributed by atoms with van der Waals surface area (Å²) in [6.45, 7) is 1.98. The largest absolute Gasteiger partial charge is 0.486 e. The fourth-order valence-corrected chi connectivity index (χ4v) is 3.22. The molecular formula is C18H14ClFN2O2S. The van der Waals surface area contributed by atoms with E-state index >= 15 is 0 Å². The highest BCUT2D eigenvalue weighted by atomic mass is 35.5. The summed E-state index contributed by atoms with van der Waals surface area (Å²) in [5, 5.41) is 4.01. The number of nitrogens with one attached hydrogen (secondary N) is 1. The molecule has 4 nitrogen and oxygen atoms in total. The Morgan fingerprint density at radius 1 is 1.28 bits per heavy atom. The molecular weight excluding hydrogens is 363 g/mol. The Bertz CT molecular complexity index is 896. The summed E-state index contributed by atoms with van der Waals surface area (Å²) in [4.78, 5) is 17.3. The van der Waals surface area contributed by atoms with E-state index in [-0.39, 0.29) is 18.3 Å². The average molecular weight is 377 g/mol. The van der Waals surface area contributed by atoms with Gasteiger partial charge in [-0.2, -0.15) is 0 Å². The Morgan fingerprint density at radius 2 is 2.04 bits per heavy atom. The van der Waals surface area contributed by atoms with Gasteiger partial charge in [0.05, 0.1) is 5.69 Å². The Hall–Kier alpha value is -2.44. The van der Waals surface area contributed by atoms with Crippen molar-refractivity contribution in [2.45, 2.75) is 13.5 Å². The topological polar surface area (TPSA) is 51.2 Å². The third-order valence-electron chi connectivity index (χ3n) is 3.31. The van der Waals surface area contributed by atoms with Crippen molar-refractivity contribution in [2.75, 3.05) is 5.32 Å². The van der Waals surface area contributed by atoms with Gasteiger partial charge in [0.1, 0.15) is 28.1 Å². The molecule has 0 aliphatic rings. The van der Waals surface area contributed by atoms with Crippen LogP contribution in [0.1, 0.15) is 20.4 Å². The fraction of sp³-hybridized carbons (Fsp3) is 0.111. The fourth-order valence-electron chi connectivity index (χ4n) is 2.15. The molecule has 1 amide bonds. The van der Waals surface area contributed by atoms with Gasteiger partial charge in [-0.3, -0.25) is 4.79 Å². The van der Waals surface area contributed by atoms with Crippen LogP contribution >= 0.6 is 22.9 Å². The van der Waals surface area contributed by atoms with Crippen LogP contribution in [0.4, 0.5) is 10.1 Å². The molecule has 0 fully saturated rings. The Morgan fingerprint density at radius 3 is 2.76 bits per heavy atom. The van der Waals surface area contributed by atoms with Gasteiger partial charge in [-0.05, 0) is 49.4 Å². The number of halogens is 2. The van der Waals surface area contributed by atoms with Crippen molar-refractivity contribution < 1.29 is 13.9 Å². The van der Waals surface area contributed by atoms with Gasteiger partial charge in [0.2, 0.25) is 0 Å². The van der Waals surface area contributed by atoms with Crippen LogP contribution in [0.2, 0.25) is 5.02 Å². The molecule has 1 heterocycles. The third-order valence-corrected chi connectivity index (χ3v) is 4.67. The Kier molecular flexibility index (Phi) is 5.31. The number of anilines is 1. The van der Waals surface area contributed by atoms with Gasteiger partial charge in [-0.1, -0.05) is 17.7 Å².